The zero-order valence-electron chi connectivity index (χ0n) is 18.2. The van der Waals surface area contributed by atoms with E-state index in [2.05, 4.69) is 32.2 Å². The summed E-state index contributed by atoms with van der Waals surface area (Å²) in [5.74, 6) is -1.50. The maximum Gasteiger partial charge on any atom is 0.490 e. The summed E-state index contributed by atoms with van der Waals surface area (Å²) >= 11 is 0. The highest BCUT2D eigenvalue weighted by Gasteiger charge is 2.38. The Balaban J connectivity index is 0.000000406. The molecule has 1 aromatic heterocycles. The summed E-state index contributed by atoms with van der Waals surface area (Å²) in [5.41, 5.74) is 3.04. The second-order valence-corrected chi connectivity index (χ2v) is 9.81. The zero-order chi connectivity index (χ0) is 24.9. The predicted molar refractivity (Wildman–Crippen MR) is 119 cm³/mol. The molecule has 3 aromatic rings. The molecule has 0 amide bonds. The fourth-order valence-corrected chi connectivity index (χ4v) is 4.02. The van der Waals surface area contributed by atoms with Crippen molar-refractivity contribution in [1.82, 2.24) is 20.1 Å². The van der Waals surface area contributed by atoms with Crippen molar-refractivity contribution in [3.05, 3.63) is 54.1 Å². The van der Waals surface area contributed by atoms with Crippen LogP contribution in [0.25, 0.3) is 22.8 Å². The average molecular weight is 497 g/mol. The number of aromatic amines is 1. The molecule has 2 N–H and O–H groups in total. The molecule has 1 saturated heterocycles. The number of H-pyrrole nitrogens is 1. The molecule has 0 spiro atoms. The third kappa shape index (κ3) is 6.87. The van der Waals surface area contributed by atoms with E-state index in [1.807, 2.05) is 12.1 Å². The predicted octanol–water partition coefficient (Wildman–Crippen LogP) is 3.77. The lowest BCUT2D eigenvalue weighted by Crippen LogP contribution is -2.21. The lowest BCUT2D eigenvalue weighted by molar-refractivity contribution is -0.192. The maximum atomic E-state index is 11.6. The van der Waals surface area contributed by atoms with Crippen molar-refractivity contribution >= 4 is 15.8 Å². The number of aliphatic carboxylic acids is 1. The van der Waals surface area contributed by atoms with Gasteiger partial charge < -0.3 is 5.11 Å². The number of nitrogens with one attached hydrogen (secondary N) is 1. The van der Waals surface area contributed by atoms with Crippen molar-refractivity contribution in [1.29, 1.82) is 0 Å². The van der Waals surface area contributed by atoms with Crippen LogP contribution in [-0.2, 0) is 21.2 Å². The fourth-order valence-electron chi connectivity index (χ4n) is 3.39. The van der Waals surface area contributed by atoms with Crippen molar-refractivity contribution in [2.24, 2.45) is 0 Å². The lowest BCUT2D eigenvalue weighted by Gasteiger charge is -2.14. The molecule has 12 heteroatoms. The quantitative estimate of drug-likeness (QED) is 0.552. The third-order valence-corrected chi connectivity index (χ3v) is 6.20. The molecule has 0 saturated carbocycles. The fraction of sp³-hybridized carbons (Fsp3) is 0.318. The number of halogens is 3. The van der Waals surface area contributed by atoms with E-state index < -0.39 is 22.0 Å². The molecular weight excluding hydrogens is 473 g/mol. The third-order valence-electron chi connectivity index (χ3n) is 5.07. The van der Waals surface area contributed by atoms with Crippen LogP contribution < -0.4 is 0 Å². The van der Waals surface area contributed by atoms with Crippen molar-refractivity contribution in [2.45, 2.75) is 30.5 Å². The van der Waals surface area contributed by atoms with Gasteiger partial charge in [0, 0.05) is 23.9 Å². The van der Waals surface area contributed by atoms with Gasteiger partial charge in [0.2, 0.25) is 0 Å². The minimum absolute atomic E-state index is 0.292. The number of aromatic nitrogens is 3. The summed E-state index contributed by atoms with van der Waals surface area (Å²) in [6.45, 7) is 3.29. The molecular formula is C22H23F3N4O4S. The normalized spacial score (nSPS) is 14.5. The molecule has 182 valence electrons. The average Bonchev–Trinajstić information content (AvgIpc) is 3.46. The van der Waals surface area contributed by atoms with Crippen LogP contribution >= 0.6 is 0 Å². The van der Waals surface area contributed by atoms with E-state index in [4.69, 9.17) is 9.90 Å². The number of nitrogens with zero attached hydrogens (tertiary/aromatic N) is 3. The minimum atomic E-state index is -5.08. The molecule has 0 unspecified atom stereocenters. The monoisotopic (exact) mass is 496 g/mol. The van der Waals surface area contributed by atoms with Gasteiger partial charge in [0.15, 0.2) is 21.5 Å². The van der Waals surface area contributed by atoms with Gasteiger partial charge in [-0.25, -0.2) is 18.2 Å². The number of carbonyl (C=O) groups is 1. The van der Waals surface area contributed by atoms with Gasteiger partial charge in [0.05, 0.1) is 4.90 Å². The summed E-state index contributed by atoms with van der Waals surface area (Å²) < 4.78 is 54.9. The summed E-state index contributed by atoms with van der Waals surface area (Å²) in [6.07, 6.45) is -1.33. The SMILES string of the molecule is CS(=O)(=O)c1ccc(-c2nc(-c3cccc(CN4CCCC4)c3)n[nH]2)cc1.O=C(O)C(F)(F)F. The number of likely N-dealkylation sites (tertiary alicyclic amines) is 1. The standard InChI is InChI=1S/C20H22N4O2S.C2HF3O2/c1-27(25,26)18-9-7-16(8-10-18)19-21-20(23-22-19)17-6-4-5-15(13-17)14-24-11-2-3-12-24;3-2(4,5)1(6)7/h4-10,13H,2-3,11-12,14H2,1H3,(H,21,22,23);(H,6,7). The molecule has 0 bridgehead atoms. The molecule has 8 nitrogen and oxygen atoms in total. The van der Waals surface area contributed by atoms with Crippen molar-refractivity contribution in [2.75, 3.05) is 19.3 Å². The number of rotatable bonds is 5. The van der Waals surface area contributed by atoms with Gasteiger partial charge in [0.1, 0.15) is 0 Å². The zero-order valence-corrected chi connectivity index (χ0v) is 19.0. The van der Waals surface area contributed by atoms with E-state index in [0.29, 0.717) is 16.5 Å². The van der Waals surface area contributed by atoms with Gasteiger partial charge in [0.25, 0.3) is 0 Å². The number of carboxylic acids is 1. The molecule has 0 atom stereocenters. The van der Waals surface area contributed by atoms with Crippen LogP contribution in [0.1, 0.15) is 18.4 Å². The molecule has 1 fully saturated rings. The van der Waals surface area contributed by atoms with Gasteiger partial charge >= 0.3 is 12.1 Å². The first-order chi connectivity index (χ1) is 15.9. The Kier molecular flexibility index (Phi) is 7.72. The van der Waals surface area contributed by atoms with Gasteiger partial charge in [-0.05, 0) is 61.8 Å². The largest absolute Gasteiger partial charge is 0.490 e. The van der Waals surface area contributed by atoms with Gasteiger partial charge in [-0.1, -0.05) is 18.2 Å². The van der Waals surface area contributed by atoms with E-state index in [0.717, 1.165) is 17.7 Å². The van der Waals surface area contributed by atoms with Crippen LogP contribution in [-0.4, -0.2) is 65.1 Å². The Labute approximate surface area is 194 Å². The van der Waals surface area contributed by atoms with Gasteiger partial charge in [-0.15, -0.1) is 0 Å². The highest BCUT2D eigenvalue weighted by molar-refractivity contribution is 7.90. The molecule has 0 aliphatic carbocycles. The molecule has 0 radical (unpaired) electrons. The Morgan fingerprint density at radius 2 is 1.71 bits per heavy atom. The first-order valence-corrected chi connectivity index (χ1v) is 12.2. The van der Waals surface area contributed by atoms with Crippen LogP contribution in [0.15, 0.2) is 53.4 Å². The summed E-state index contributed by atoms with van der Waals surface area (Å²) in [6, 6.07) is 15.0. The highest BCUT2D eigenvalue weighted by Crippen LogP contribution is 2.23. The Hall–Kier alpha value is -3.25. The maximum absolute atomic E-state index is 11.6. The second-order valence-electron chi connectivity index (χ2n) is 7.79. The Morgan fingerprint density at radius 3 is 2.26 bits per heavy atom. The molecule has 2 aromatic carbocycles. The molecule has 4 rings (SSSR count). The van der Waals surface area contributed by atoms with E-state index in [1.54, 1.807) is 24.3 Å². The van der Waals surface area contributed by atoms with Crippen molar-refractivity contribution in [3.63, 3.8) is 0 Å². The van der Waals surface area contributed by atoms with Crippen LogP contribution in [0.4, 0.5) is 13.2 Å². The van der Waals surface area contributed by atoms with Crippen LogP contribution in [0.3, 0.4) is 0 Å². The van der Waals surface area contributed by atoms with Gasteiger partial charge in [-0.3, -0.25) is 10.00 Å². The molecule has 1 aliphatic heterocycles. The van der Waals surface area contributed by atoms with E-state index in [-0.39, 0.29) is 0 Å². The Morgan fingerprint density at radius 1 is 1.09 bits per heavy atom. The number of hydrogen-bond acceptors (Lipinski definition) is 6. The molecule has 34 heavy (non-hydrogen) atoms. The molecule has 2 heterocycles. The number of benzene rings is 2. The number of alkyl halides is 3. The van der Waals surface area contributed by atoms with Crippen molar-refractivity contribution in [3.8, 4) is 22.8 Å². The topological polar surface area (TPSA) is 116 Å². The summed E-state index contributed by atoms with van der Waals surface area (Å²) in [5, 5.41) is 14.4. The lowest BCUT2D eigenvalue weighted by atomic mass is 10.1. The van der Waals surface area contributed by atoms with E-state index >= 15 is 0 Å². The molecule has 1 aliphatic rings. The highest BCUT2D eigenvalue weighted by atomic mass is 32.2. The van der Waals surface area contributed by atoms with Crippen molar-refractivity contribution < 1.29 is 31.5 Å². The first-order valence-electron chi connectivity index (χ1n) is 10.3. The number of carboxylic acid groups (broad SMARTS) is 1. The summed E-state index contributed by atoms with van der Waals surface area (Å²) in [7, 11) is -3.20. The van der Waals surface area contributed by atoms with E-state index in [9.17, 15) is 21.6 Å². The second kappa shape index (κ2) is 10.3. The van der Waals surface area contributed by atoms with Crippen LogP contribution in [0, 0.1) is 0 Å². The minimum Gasteiger partial charge on any atom is -0.475 e. The first kappa shape index (κ1) is 25.4. The van der Waals surface area contributed by atoms with Gasteiger partial charge in [-0.2, -0.15) is 18.3 Å². The van der Waals surface area contributed by atoms with Crippen LogP contribution in [0.5, 0.6) is 0 Å². The van der Waals surface area contributed by atoms with Crippen LogP contribution in [0.2, 0.25) is 0 Å². The number of hydrogen-bond donors (Lipinski definition) is 2. The number of sulfone groups is 1. The Bertz CT molecular complexity index is 1240. The smallest absolute Gasteiger partial charge is 0.475 e. The van der Waals surface area contributed by atoms with E-state index in [1.165, 1.54) is 37.8 Å². The summed E-state index contributed by atoms with van der Waals surface area (Å²) in [4.78, 5) is 16.2.